The van der Waals surface area contributed by atoms with E-state index < -0.39 is 12.0 Å². The Kier molecular flexibility index (Phi) is 8.43. The van der Waals surface area contributed by atoms with E-state index in [1.54, 1.807) is 30.3 Å². The van der Waals surface area contributed by atoms with Crippen molar-refractivity contribution in [1.29, 1.82) is 0 Å². The smallest absolute Gasteiger partial charge is 0.409 e. The van der Waals surface area contributed by atoms with Gasteiger partial charge < -0.3 is 15.4 Å². The van der Waals surface area contributed by atoms with E-state index in [9.17, 15) is 9.59 Å². The largest absolute Gasteiger partial charge is 0.412 e. The zero-order valence-electron chi connectivity index (χ0n) is 15.1. The first kappa shape index (κ1) is 21.1. The molecule has 2 N–H and O–H groups in total. The number of halogens is 2. The average Bonchev–Trinajstić information content (AvgIpc) is 2.65. The first-order valence-electron chi connectivity index (χ1n) is 8.81. The summed E-state index contributed by atoms with van der Waals surface area (Å²) in [5.41, 5.74) is 0.731. The SMILES string of the molecule is CCCCCCNC(=O)Oc1ccc(Cl)cc1C(=O)Nc1ccc(Cl)cc1. The molecule has 2 amide bonds. The van der Waals surface area contributed by atoms with Crippen molar-refractivity contribution in [3.8, 4) is 5.75 Å². The van der Waals surface area contributed by atoms with Gasteiger partial charge in [0.05, 0.1) is 5.56 Å². The molecule has 0 heterocycles. The number of benzene rings is 2. The van der Waals surface area contributed by atoms with Gasteiger partial charge in [0.1, 0.15) is 5.75 Å². The highest BCUT2D eigenvalue weighted by Gasteiger charge is 2.16. The van der Waals surface area contributed by atoms with E-state index in [1.807, 2.05) is 0 Å². The number of nitrogens with one attached hydrogen (secondary N) is 2. The Morgan fingerprint density at radius 1 is 0.963 bits per heavy atom. The van der Waals surface area contributed by atoms with Crippen LogP contribution >= 0.6 is 23.2 Å². The van der Waals surface area contributed by atoms with E-state index >= 15 is 0 Å². The summed E-state index contributed by atoms with van der Waals surface area (Å²) in [6.07, 6.45) is 3.58. The summed E-state index contributed by atoms with van der Waals surface area (Å²) >= 11 is 11.8. The van der Waals surface area contributed by atoms with Crippen LogP contribution in [0.2, 0.25) is 10.0 Å². The molecular weight excluding hydrogens is 387 g/mol. The van der Waals surface area contributed by atoms with Crippen LogP contribution in [0.4, 0.5) is 10.5 Å². The van der Waals surface area contributed by atoms with Crippen molar-refractivity contribution in [1.82, 2.24) is 5.32 Å². The lowest BCUT2D eigenvalue weighted by molar-refractivity contribution is 0.102. The maximum absolute atomic E-state index is 12.6. The van der Waals surface area contributed by atoms with Gasteiger partial charge in [0.2, 0.25) is 0 Å². The van der Waals surface area contributed by atoms with E-state index in [4.69, 9.17) is 27.9 Å². The molecule has 2 aromatic rings. The summed E-state index contributed by atoms with van der Waals surface area (Å²) in [6, 6.07) is 11.2. The number of carbonyl (C=O) groups is 2. The van der Waals surface area contributed by atoms with Crippen LogP contribution in [0, 0.1) is 0 Å². The standard InChI is InChI=1S/C20H22Cl2N2O3/c1-2-3-4-5-12-23-20(26)27-18-11-8-15(22)13-17(18)19(25)24-16-9-6-14(21)7-10-16/h6-11,13H,2-5,12H2,1H3,(H,23,26)(H,24,25). The molecule has 0 aliphatic heterocycles. The van der Waals surface area contributed by atoms with Gasteiger partial charge in [-0.3, -0.25) is 4.79 Å². The molecule has 0 saturated carbocycles. The summed E-state index contributed by atoms with van der Waals surface area (Å²) in [5, 5.41) is 6.34. The van der Waals surface area contributed by atoms with Crippen molar-refractivity contribution in [3.63, 3.8) is 0 Å². The van der Waals surface area contributed by atoms with Crippen molar-refractivity contribution in [2.45, 2.75) is 32.6 Å². The molecule has 0 atom stereocenters. The van der Waals surface area contributed by atoms with Crippen LogP contribution in [-0.2, 0) is 0 Å². The van der Waals surface area contributed by atoms with Gasteiger partial charge in [-0.15, -0.1) is 0 Å². The molecule has 2 rings (SSSR count). The molecule has 144 valence electrons. The van der Waals surface area contributed by atoms with Crippen LogP contribution in [0.5, 0.6) is 5.75 Å². The predicted octanol–water partition coefficient (Wildman–Crippen LogP) is 5.91. The zero-order valence-corrected chi connectivity index (χ0v) is 16.6. The number of hydrogen-bond donors (Lipinski definition) is 2. The third-order valence-electron chi connectivity index (χ3n) is 3.79. The normalized spacial score (nSPS) is 10.3. The topological polar surface area (TPSA) is 67.4 Å². The first-order valence-corrected chi connectivity index (χ1v) is 9.57. The lowest BCUT2D eigenvalue weighted by atomic mass is 10.2. The van der Waals surface area contributed by atoms with Crippen LogP contribution in [0.25, 0.3) is 0 Å². The Hall–Kier alpha value is -2.24. The second-order valence-electron chi connectivity index (χ2n) is 5.98. The number of ether oxygens (including phenoxy) is 1. The van der Waals surface area contributed by atoms with E-state index in [0.717, 1.165) is 25.7 Å². The third-order valence-corrected chi connectivity index (χ3v) is 4.28. The van der Waals surface area contributed by atoms with Crippen LogP contribution in [-0.4, -0.2) is 18.5 Å². The van der Waals surface area contributed by atoms with Crippen molar-refractivity contribution >= 4 is 40.9 Å². The molecule has 0 aliphatic rings. The Morgan fingerprint density at radius 3 is 2.37 bits per heavy atom. The quantitative estimate of drug-likeness (QED) is 0.533. The number of amides is 2. The molecule has 0 radical (unpaired) electrons. The minimum absolute atomic E-state index is 0.136. The molecular formula is C20H22Cl2N2O3. The fourth-order valence-electron chi connectivity index (χ4n) is 2.38. The third kappa shape index (κ3) is 7.12. The summed E-state index contributed by atoms with van der Waals surface area (Å²) in [6.45, 7) is 2.65. The molecule has 0 bridgehead atoms. The number of hydrogen-bond acceptors (Lipinski definition) is 3. The fourth-order valence-corrected chi connectivity index (χ4v) is 2.68. The van der Waals surface area contributed by atoms with Gasteiger partial charge in [0.15, 0.2) is 0 Å². The van der Waals surface area contributed by atoms with E-state index in [0.29, 0.717) is 22.3 Å². The van der Waals surface area contributed by atoms with E-state index in [1.165, 1.54) is 12.1 Å². The van der Waals surface area contributed by atoms with Gasteiger partial charge in [-0.1, -0.05) is 49.4 Å². The Labute approximate surface area is 169 Å². The Balaban J connectivity index is 2.01. The number of carbonyl (C=O) groups excluding carboxylic acids is 2. The zero-order chi connectivity index (χ0) is 19.6. The first-order chi connectivity index (χ1) is 13.0. The van der Waals surface area contributed by atoms with E-state index in [2.05, 4.69) is 17.6 Å². The summed E-state index contributed by atoms with van der Waals surface area (Å²) in [5.74, 6) is -0.303. The number of unbranched alkanes of at least 4 members (excludes halogenated alkanes) is 3. The van der Waals surface area contributed by atoms with Gasteiger partial charge in [0.25, 0.3) is 5.91 Å². The highest BCUT2D eigenvalue weighted by Crippen LogP contribution is 2.24. The Bertz CT molecular complexity index is 779. The van der Waals surface area contributed by atoms with Gasteiger partial charge >= 0.3 is 6.09 Å². The fraction of sp³-hybridized carbons (Fsp3) is 0.300. The summed E-state index contributed by atoms with van der Waals surface area (Å²) < 4.78 is 5.29. The minimum Gasteiger partial charge on any atom is -0.409 e. The maximum Gasteiger partial charge on any atom is 0.412 e. The summed E-state index contributed by atoms with van der Waals surface area (Å²) in [7, 11) is 0. The average molecular weight is 409 g/mol. The van der Waals surface area contributed by atoms with Gasteiger partial charge in [-0.05, 0) is 48.9 Å². The van der Waals surface area contributed by atoms with Crippen molar-refractivity contribution in [2.24, 2.45) is 0 Å². The van der Waals surface area contributed by atoms with Gasteiger partial charge in [-0.25, -0.2) is 4.79 Å². The molecule has 0 aliphatic carbocycles. The lowest BCUT2D eigenvalue weighted by Crippen LogP contribution is -2.28. The molecule has 0 saturated heterocycles. The van der Waals surface area contributed by atoms with Crippen LogP contribution in [0.1, 0.15) is 43.0 Å². The summed E-state index contributed by atoms with van der Waals surface area (Å²) in [4.78, 5) is 24.6. The molecule has 5 nitrogen and oxygen atoms in total. The van der Waals surface area contributed by atoms with E-state index in [-0.39, 0.29) is 11.3 Å². The predicted molar refractivity (Wildman–Crippen MR) is 109 cm³/mol. The van der Waals surface area contributed by atoms with Crippen molar-refractivity contribution in [3.05, 3.63) is 58.1 Å². The highest BCUT2D eigenvalue weighted by molar-refractivity contribution is 6.31. The maximum atomic E-state index is 12.6. The van der Waals surface area contributed by atoms with Crippen molar-refractivity contribution in [2.75, 3.05) is 11.9 Å². The second kappa shape index (κ2) is 10.8. The van der Waals surface area contributed by atoms with Crippen LogP contribution < -0.4 is 15.4 Å². The van der Waals surface area contributed by atoms with Crippen LogP contribution in [0.3, 0.4) is 0 Å². The second-order valence-corrected chi connectivity index (χ2v) is 6.85. The van der Waals surface area contributed by atoms with Gasteiger partial charge in [0, 0.05) is 22.3 Å². The molecule has 0 fully saturated rings. The number of anilines is 1. The molecule has 0 unspecified atom stereocenters. The van der Waals surface area contributed by atoms with Crippen LogP contribution in [0.15, 0.2) is 42.5 Å². The number of rotatable bonds is 8. The van der Waals surface area contributed by atoms with Gasteiger partial charge in [-0.2, -0.15) is 0 Å². The molecule has 27 heavy (non-hydrogen) atoms. The molecule has 0 spiro atoms. The molecule has 7 heteroatoms. The molecule has 0 aromatic heterocycles. The minimum atomic E-state index is -0.602. The highest BCUT2D eigenvalue weighted by atomic mass is 35.5. The Morgan fingerprint density at radius 2 is 1.67 bits per heavy atom. The monoisotopic (exact) mass is 408 g/mol. The molecule has 2 aromatic carbocycles. The van der Waals surface area contributed by atoms with Crippen molar-refractivity contribution < 1.29 is 14.3 Å². The lowest BCUT2D eigenvalue weighted by Gasteiger charge is -2.12.